The van der Waals surface area contributed by atoms with E-state index in [1.54, 1.807) is 13.8 Å². The van der Waals surface area contributed by atoms with Crippen LogP contribution in [0.15, 0.2) is 0 Å². The lowest BCUT2D eigenvalue weighted by Crippen LogP contribution is -2.40. The molecule has 0 aromatic carbocycles. The third-order valence-electron chi connectivity index (χ3n) is 2.13. The van der Waals surface area contributed by atoms with Gasteiger partial charge in [0.05, 0.1) is 19.8 Å². The Balaban J connectivity index is 2.42. The van der Waals surface area contributed by atoms with E-state index in [0.717, 1.165) is 4.90 Å². The molecule has 3 amide bonds. The standard InChI is InChI=1S/C9H15ClN2O3/c1-9(2)7(13)12(8(14)11-9)4-6-15-5-3-10/h3-6H2,1-2H3,(H,11,14). The first-order valence-corrected chi connectivity index (χ1v) is 5.30. The Morgan fingerprint density at radius 3 is 2.53 bits per heavy atom. The summed E-state index contributed by atoms with van der Waals surface area (Å²) in [5.74, 6) is 0.188. The van der Waals surface area contributed by atoms with E-state index in [-0.39, 0.29) is 18.5 Å². The highest BCUT2D eigenvalue weighted by molar-refractivity contribution is 6.17. The van der Waals surface area contributed by atoms with Crippen molar-refractivity contribution >= 4 is 23.5 Å². The lowest BCUT2D eigenvalue weighted by atomic mass is 10.1. The van der Waals surface area contributed by atoms with Crippen molar-refractivity contribution in [2.45, 2.75) is 19.4 Å². The minimum atomic E-state index is -0.802. The number of amides is 3. The number of hydrogen-bond donors (Lipinski definition) is 1. The SMILES string of the molecule is CC1(C)NC(=O)N(CCOCCCl)C1=O. The van der Waals surface area contributed by atoms with Crippen LogP contribution >= 0.6 is 11.6 Å². The number of nitrogens with one attached hydrogen (secondary N) is 1. The van der Waals surface area contributed by atoms with E-state index in [1.807, 2.05) is 0 Å². The van der Waals surface area contributed by atoms with Crippen molar-refractivity contribution < 1.29 is 14.3 Å². The van der Waals surface area contributed by atoms with Gasteiger partial charge in [0.2, 0.25) is 0 Å². The molecule has 1 saturated heterocycles. The molecule has 0 saturated carbocycles. The second kappa shape index (κ2) is 4.81. The summed E-state index contributed by atoms with van der Waals surface area (Å²) in [6, 6.07) is -0.362. The van der Waals surface area contributed by atoms with Crippen LogP contribution in [0.1, 0.15) is 13.8 Å². The second-order valence-corrected chi connectivity index (χ2v) is 4.19. The van der Waals surface area contributed by atoms with Crippen LogP contribution in [-0.4, -0.2) is 48.0 Å². The molecule has 1 N–H and O–H groups in total. The minimum Gasteiger partial charge on any atom is -0.378 e. The molecular formula is C9H15ClN2O3. The summed E-state index contributed by atoms with van der Waals surface area (Å²) in [5.41, 5.74) is -0.802. The summed E-state index contributed by atoms with van der Waals surface area (Å²) in [6.45, 7) is 4.36. The number of imide groups is 1. The zero-order valence-corrected chi connectivity index (χ0v) is 9.63. The first-order chi connectivity index (χ1) is 6.99. The molecule has 86 valence electrons. The summed E-state index contributed by atoms with van der Waals surface area (Å²) >= 11 is 5.41. The molecular weight excluding hydrogens is 220 g/mol. The molecule has 1 aliphatic rings. The molecule has 1 rings (SSSR count). The van der Waals surface area contributed by atoms with Gasteiger partial charge in [-0.2, -0.15) is 0 Å². The largest absolute Gasteiger partial charge is 0.378 e. The van der Waals surface area contributed by atoms with Crippen molar-refractivity contribution in [3.05, 3.63) is 0 Å². The van der Waals surface area contributed by atoms with Gasteiger partial charge in [0.1, 0.15) is 5.54 Å². The van der Waals surface area contributed by atoms with Gasteiger partial charge in [-0.1, -0.05) is 0 Å². The van der Waals surface area contributed by atoms with Crippen LogP contribution in [0.4, 0.5) is 4.79 Å². The van der Waals surface area contributed by atoms with Crippen LogP contribution < -0.4 is 5.32 Å². The van der Waals surface area contributed by atoms with Gasteiger partial charge in [0, 0.05) is 5.88 Å². The van der Waals surface area contributed by atoms with Crippen molar-refractivity contribution in [3.8, 4) is 0 Å². The number of hydrogen-bond acceptors (Lipinski definition) is 3. The maximum atomic E-state index is 11.7. The van der Waals surface area contributed by atoms with Crippen molar-refractivity contribution in [2.75, 3.05) is 25.6 Å². The van der Waals surface area contributed by atoms with E-state index in [2.05, 4.69) is 5.32 Å². The number of rotatable bonds is 5. The minimum absolute atomic E-state index is 0.220. The summed E-state index contributed by atoms with van der Waals surface area (Å²) in [7, 11) is 0. The normalized spacial score (nSPS) is 19.5. The lowest BCUT2D eigenvalue weighted by Gasteiger charge is -2.15. The predicted molar refractivity (Wildman–Crippen MR) is 55.9 cm³/mol. The fourth-order valence-electron chi connectivity index (χ4n) is 1.33. The smallest absolute Gasteiger partial charge is 0.325 e. The van der Waals surface area contributed by atoms with Crippen LogP contribution in [0.2, 0.25) is 0 Å². The van der Waals surface area contributed by atoms with E-state index in [0.29, 0.717) is 19.1 Å². The molecule has 0 aromatic heterocycles. The number of urea groups is 1. The topological polar surface area (TPSA) is 58.6 Å². The second-order valence-electron chi connectivity index (χ2n) is 3.81. The zero-order chi connectivity index (χ0) is 11.5. The highest BCUT2D eigenvalue weighted by Crippen LogP contribution is 2.15. The molecule has 0 aromatic rings. The summed E-state index contributed by atoms with van der Waals surface area (Å²) < 4.78 is 5.10. The third-order valence-corrected chi connectivity index (χ3v) is 2.28. The molecule has 0 unspecified atom stereocenters. The number of carbonyl (C=O) groups excluding carboxylic acids is 2. The van der Waals surface area contributed by atoms with E-state index in [9.17, 15) is 9.59 Å². The summed E-state index contributed by atoms with van der Waals surface area (Å²) in [6.07, 6.45) is 0. The molecule has 1 fully saturated rings. The maximum absolute atomic E-state index is 11.7. The quantitative estimate of drug-likeness (QED) is 0.430. The van der Waals surface area contributed by atoms with Gasteiger partial charge in [-0.3, -0.25) is 9.69 Å². The number of ether oxygens (including phenoxy) is 1. The fourth-order valence-corrected chi connectivity index (χ4v) is 1.44. The van der Waals surface area contributed by atoms with Gasteiger partial charge in [0.15, 0.2) is 0 Å². The zero-order valence-electron chi connectivity index (χ0n) is 8.88. The number of alkyl halides is 1. The van der Waals surface area contributed by atoms with Crippen molar-refractivity contribution in [1.82, 2.24) is 10.2 Å². The maximum Gasteiger partial charge on any atom is 0.325 e. The monoisotopic (exact) mass is 234 g/mol. The number of halogens is 1. The molecule has 0 bridgehead atoms. The molecule has 0 spiro atoms. The van der Waals surface area contributed by atoms with E-state index in [4.69, 9.17) is 16.3 Å². The first-order valence-electron chi connectivity index (χ1n) is 4.77. The number of carbonyl (C=O) groups is 2. The number of nitrogens with zero attached hydrogens (tertiary/aromatic N) is 1. The molecule has 0 atom stereocenters. The Hall–Kier alpha value is -0.810. The van der Waals surface area contributed by atoms with Gasteiger partial charge < -0.3 is 10.1 Å². The van der Waals surface area contributed by atoms with Crippen LogP contribution in [-0.2, 0) is 9.53 Å². The third kappa shape index (κ3) is 2.82. The molecule has 15 heavy (non-hydrogen) atoms. The van der Waals surface area contributed by atoms with Crippen molar-refractivity contribution in [1.29, 1.82) is 0 Å². The molecule has 0 radical (unpaired) electrons. The van der Waals surface area contributed by atoms with Gasteiger partial charge >= 0.3 is 6.03 Å². The summed E-state index contributed by atoms with van der Waals surface area (Å²) in [5, 5.41) is 2.59. The van der Waals surface area contributed by atoms with Crippen molar-refractivity contribution in [3.63, 3.8) is 0 Å². The summed E-state index contributed by atoms with van der Waals surface area (Å²) in [4.78, 5) is 24.2. The molecule has 1 heterocycles. The van der Waals surface area contributed by atoms with Crippen molar-refractivity contribution in [2.24, 2.45) is 0 Å². The Bertz CT molecular complexity index is 268. The Labute approximate surface area is 93.7 Å². The van der Waals surface area contributed by atoms with Gasteiger partial charge in [-0.15, -0.1) is 11.6 Å². The van der Waals surface area contributed by atoms with Crippen LogP contribution in [0.3, 0.4) is 0 Å². The lowest BCUT2D eigenvalue weighted by molar-refractivity contribution is -0.130. The molecule has 5 nitrogen and oxygen atoms in total. The van der Waals surface area contributed by atoms with Crippen LogP contribution in [0.5, 0.6) is 0 Å². The average Bonchev–Trinajstić information content (AvgIpc) is 2.33. The van der Waals surface area contributed by atoms with E-state index >= 15 is 0 Å². The van der Waals surface area contributed by atoms with E-state index < -0.39 is 5.54 Å². The van der Waals surface area contributed by atoms with Gasteiger partial charge in [-0.05, 0) is 13.8 Å². The molecule has 6 heteroatoms. The Morgan fingerprint density at radius 1 is 1.40 bits per heavy atom. The van der Waals surface area contributed by atoms with Crippen LogP contribution in [0.25, 0.3) is 0 Å². The first kappa shape index (κ1) is 12.3. The molecule has 1 aliphatic heterocycles. The predicted octanol–water partition coefficient (Wildman–Crippen LogP) is 0.572. The highest BCUT2D eigenvalue weighted by Gasteiger charge is 2.43. The molecule has 0 aliphatic carbocycles. The van der Waals surface area contributed by atoms with Gasteiger partial charge in [-0.25, -0.2) is 4.79 Å². The average molecular weight is 235 g/mol. The Morgan fingerprint density at radius 2 is 2.07 bits per heavy atom. The van der Waals surface area contributed by atoms with Crippen LogP contribution in [0, 0.1) is 0 Å². The fraction of sp³-hybridized carbons (Fsp3) is 0.778. The van der Waals surface area contributed by atoms with E-state index in [1.165, 1.54) is 0 Å². The van der Waals surface area contributed by atoms with Gasteiger partial charge in [0.25, 0.3) is 5.91 Å². The highest BCUT2D eigenvalue weighted by atomic mass is 35.5. The Kier molecular flexibility index (Phi) is 3.93.